The van der Waals surface area contributed by atoms with Crippen molar-refractivity contribution in [1.82, 2.24) is 0 Å². The third-order valence-electron chi connectivity index (χ3n) is 2.03. The van der Waals surface area contributed by atoms with Crippen LogP contribution in [0.3, 0.4) is 0 Å². The van der Waals surface area contributed by atoms with Gasteiger partial charge in [-0.2, -0.15) is 0 Å². The molecule has 3 heteroatoms. The molecule has 0 bridgehead atoms. The van der Waals surface area contributed by atoms with Crippen molar-refractivity contribution in [2.75, 3.05) is 5.73 Å². The number of benzene rings is 1. The fraction of sp³-hybridized carbons (Fsp3) is 0. The van der Waals surface area contributed by atoms with Gasteiger partial charge in [0.2, 0.25) is 0 Å². The van der Waals surface area contributed by atoms with E-state index in [1.54, 1.807) is 18.2 Å². The summed E-state index contributed by atoms with van der Waals surface area (Å²) in [6.45, 7) is 0. The Morgan fingerprint density at radius 3 is 2.67 bits per heavy atom. The van der Waals surface area contributed by atoms with Gasteiger partial charge in [0.1, 0.15) is 11.6 Å². The van der Waals surface area contributed by atoms with Gasteiger partial charge in [-0.05, 0) is 18.1 Å². The van der Waals surface area contributed by atoms with Crippen LogP contribution in [0.4, 0.5) is 10.1 Å². The van der Waals surface area contributed by atoms with Crippen LogP contribution in [0.15, 0.2) is 34.7 Å². The minimum absolute atomic E-state index is 0.230. The molecule has 1 heterocycles. The molecule has 2 N–H and O–H groups in total. The van der Waals surface area contributed by atoms with Crippen LogP contribution in [0, 0.1) is 18.2 Å². The fourth-order valence-corrected chi connectivity index (χ4v) is 1.31. The molecular weight excluding hydrogens is 193 g/mol. The van der Waals surface area contributed by atoms with Gasteiger partial charge in [0.25, 0.3) is 0 Å². The normalized spacial score (nSPS) is 9.87. The highest BCUT2D eigenvalue weighted by molar-refractivity contribution is 5.66. The van der Waals surface area contributed by atoms with E-state index in [2.05, 4.69) is 5.92 Å². The van der Waals surface area contributed by atoms with Crippen molar-refractivity contribution >= 4 is 5.69 Å². The monoisotopic (exact) mass is 201 g/mol. The summed E-state index contributed by atoms with van der Waals surface area (Å²) in [4.78, 5) is 0. The first-order chi connectivity index (χ1) is 7.22. The highest BCUT2D eigenvalue weighted by Crippen LogP contribution is 2.28. The highest BCUT2D eigenvalue weighted by atomic mass is 19.1. The summed E-state index contributed by atoms with van der Waals surface area (Å²) in [5, 5.41) is 0. The second kappa shape index (κ2) is 3.50. The van der Waals surface area contributed by atoms with Crippen molar-refractivity contribution in [3.05, 3.63) is 41.9 Å². The first-order valence-corrected chi connectivity index (χ1v) is 4.33. The average molecular weight is 201 g/mol. The van der Waals surface area contributed by atoms with Crippen molar-refractivity contribution in [1.29, 1.82) is 0 Å². The van der Waals surface area contributed by atoms with E-state index in [1.165, 1.54) is 12.1 Å². The highest BCUT2D eigenvalue weighted by Gasteiger charge is 2.11. The van der Waals surface area contributed by atoms with Crippen molar-refractivity contribution in [2.45, 2.75) is 0 Å². The summed E-state index contributed by atoms with van der Waals surface area (Å²) in [5.41, 5.74) is 6.28. The number of terminal acetylenes is 1. The van der Waals surface area contributed by atoms with E-state index >= 15 is 0 Å². The largest absolute Gasteiger partial charge is 0.445 e. The Labute approximate surface area is 86.5 Å². The van der Waals surface area contributed by atoms with E-state index in [0.717, 1.165) is 0 Å². The molecule has 0 atom stereocenters. The molecule has 1 aromatic heterocycles. The molecule has 0 amide bonds. The Bertz CT molecular complexity index is 537. The molecule has 2 aromatic rings. The molecule has 2 nitrogen and oxygen atoms in total. The van der Waals surface area contributed by atoms with Gasteiger partial charge in [-0.25, -0.2) is 4.39 Å². The maximum atomic E-state index is 13.4. The summed E-state index contributed by atoms with van der Waals surface area (Å²) >= 11 is 0. The minimum Gasteiger partial charge on any atom is -0.445 e. The summed E-state index contributed by atoms with van der Waals surface area (Å²) in [5.74, 6) is 2.50. The zero-order valence-corrected chi connectivity index (χ0v) is 7.83. The van der Waals surface area contributed by atoms with Gasteiger partial charge in [-0.3, -0.25) is 0 Å². The number of furan rings is 1. The number of halogens is 1. The van der Waals surface area contributed by atoms with Crippen LogP contribution >= 0.6 is 0 Å². The lowest BCUT2D eigenvalue weighted by Gasteiger charge is -1.96. The molecule has 1 aromatic carbocycles. The topological polar surface area (TPSA) is 39.2 Å². The maximum absolute atomic E-state index is 13.4. The van der Waals surface area contributed by atoms with Gasteiger partial charge in [-0.1, -0.05) is 12.1 Å². The van der Waals surface area contributed by atoms with Crippen LogP contribution in [-0.4, -0.2) is 0 Å². The van der Waals surface area contributed by atoms with Crippen molar-refractivity contribution < 1.29 is 8.81 Å². The number of nitrogens with two attached hydrogens (primary N) is 1. The third kappa shape index (κ3) is 1.57. The summed E-state index contributed by atoms with van der Waals surface area (Å²) in [6, 6.07) is 7.80. The summed E-state index contributed by atoms with van der Waals surface area (Å²) < 4.78 is 18.6. The molecule has 0 aliphatic carbocycles. The zero-order valence-electron chi connectivity index (χ0n) is 7.83. The molecule has 0 spiro atoms. The Hall–Kier alpha value is -2.21. The van der Waals surface area contributed by atoms with E-state index in [9.17, 15) is 4.39 Å². The number of anilines is 1. The van der Waals surface area contributed by atoms with E-state index < -0.39 is 0 Å². The van der Waals surface area contributed by atoms with E-state index in [4.69, 9.17) is 16.6 Å². The molecular formula is C12H8FNO. The minimum atomic E-state index is -0.366. The standard InChI is InChI=1S/C12H8FNO/c1-2-11-10(14)7-12(15-11)8-5-3-4-6-9(8)13/h1,3-7H,14H2. The van der Waals surface area contributed by atoms with E-state index in [1.807, 2.05) is 0 Å². The second-order valence-electron chi connectivity index (χ2n) is 3.02. The summed E-state index contributed by atoms with van der Waals surface area (Å²) in [6.07, 6.45) is 5.16. The van der Waals surface area contributed by atoms with Gasteiger partial charge in [-0.15, -0.1) is 6.42 Å². The molecule has 0 aliphatic heterocycles. The molecule has 0 fully saturated rings. The van der Waals surface area contributed by atoms with Crippen LogP contribution in [0.1, 0.15) is 5.76 Å². The maximum Gasteiger partial charge on any atom is 0.200 e. The van der Waals surface area contributed by atoms with Gasteiger partial charge in [0.15, 0.2) is 5.76 Å². The predicted molar refractivity (Wildman–Crippen MR) is 56.4 cm³/mol. The number of rotatable bonds is 1. The Morgan fingerprint density at radius 1 is 1.33 bits per heavy atom. The second-order valence-corrected chi connectivity index (χ2v) is 3.02. The van der Waals surface area contributed by atoms with Crippen LogP contribution < -0.4 is 5.73 Å². The molecule has 2 rings (SSSR count). The molecule has 0 saturated heterocycles. The molecule has 0 aliphatic rings. The van der Waals surface area contributed by atoms with Crippen molar-refractivity contribution in [2.24, 2.45) is 0 Å². The van der Waals surface area contributed by atoms with Crippen LogP contribution in [-0.2, 0) is 0 Å². The van der Waals surface area contributed by atoms with E-state index in [-0.39, 0.29) is 11.6 Å². The van der Waals surface area contributed by atoms with Gasteiger partial charge in [0.05, 0.1) is 11.3 Å². The third-order valence-corrected chi connectivity index (χ3v) is 2.03. The van der Waals surface area contributed by atoms with Crippen LogP contribution in [0.2, 0.25) is 0 Å². The average Bonchev–Trinajstić information content (AvgIpc) is 2.60. The Balaban J connectivity index is 2.56. The summed E-state index contributed by atoms with van der Waals surface area (Å²) in [7, 11) is 0. The fourth-order valence-electron chi connectivity index (χ4n) is 1.31. The lowest BCUT2D eigenvalue weighted by Crippen LogP contribution is -1.82. The first-order valence-electron chi connectivity index (χ1n) is 4.33. The van der Waals surface area contributed by atoms with Crippen molar-refractivity contribution in [3.63, 3.8) is 0 Å². The van der Waals surface area contributed by atoms with Gasteiger partial charge < -0.3 is 10.2 Å². The molecule has 0 saturated carbocycles. The number of hydrogen-bond acceptors (Lipinski definition) is 2. The lowest BCUT2D eigenvalue weighted by molar-refractivity contribution is 0.560. The van der Waals surface area contributed by atoms with Gasteiger partial charge >= 0.3 is 0 Å². The molecule has 0 unspecified atom stereocenters. The molecule has 15 heavy (non-hydrogen) atoms. The van der Waals surface area contributed by atoms with Crippen LogP contribution in [0.5, 0.6) is 0 Å². The predicted octanol–water partition coefficient (Wildman–Crippen LogP) is 2.65. The first kappa shape index (κ1) is 9.35. The lowest BCUT2D eigenvalue weighted by atomic mass is 10.1. The van der Waals surface area contributed by atoms with E-state index in [0.29, 0.717) is 17.0 Å². The SMILES string of the molecule is C#Cc1oc(-c2ccccc2F)cc1N. The smallest absolute Gasteiger partial charge is 0.200 e. The zero-order chi connectivity index (χ0) is 10.8. The molecule has 74 valence electrons. The quantitative estimate of drug-likeness (QED) is 0.720. The Morgan fingerprint density at radius 2 is 2.07 bits per heavy atom. The number of nitrogen functional groups attached to an aromatic ring is 1. The van der Waals surface area contributed by atoms with Gasteiger partial charge in [0, 0.05) is 6.07 Å². The van der Waals surface area contributed by atoms with Crippen LogP contribution in [0.25, 0.3) is 11.3 Å². The number of hydrogen-bond donors (Lipinski definition) is 1. The Kier molecular flexibility index (Phi) is 2.18. The van der Waals surface area contributed by atoms with Crippen molar-refractivity contribution in [3.8, 4) is 23.7 Å². The molecule has 0 radical (unpaired) electrons.